The smallest absolute Gasteiger partial charge is 0.164 e. The predicted octanol–water partition coefficient (Wildman–Crippen LogP) is 13.9. The molecule has 11 rings (SSSR count). The molecule has 10 aromatic rings. The van der Waals surface area contributed by atoms with Gasteiger partial charge in [0, 0.05) is 68.4 Å². The predicted molar refractivity (Wildman–Crippen MR) is 259 cm³/mol. The van der Waals surface area contributed by atoms with E-state index < -0.39 is 0 Å². The van der Waals surface area contributed by atoms with Gasteiger partial charge in [0.1, 0.15) is 0 Å². The molecule has 1 aliphatic rings. The third kappa shape index (κ3) is 7.09. The quantitative estimate of drug-likeness (QED) is 0.160. The molecule has 63 heavy (non-hydrogen) atoms. The molecule has 0 spiro atoms. The van der Waals surface area contributed by atoms with Crippen LogP contribution in [0.3, 0.4) is 0 Å². The Bertz CT molecular complexity index is 3330. The van der Waals surface area contributed by atoms with Gasteiger partial charge in [0.25, 0.3) is 0 Å². The zero-order valence-electron chi connectivity index (χ0n) is 34.4. The van der Waals surface area contributed by atoms with Crippen molar-refractivity contribution in [2.24, 2.45) is 0 Å². The summed E-state index contributed by atoms with van der Waals surface area (Å²) in [7, 11) is 0. The first-order valence-corrected chi connectivity index (χ1v) is 21.1. The summed E-state index contributed by atoms with van der Waals surface area (Å²) < 4.78 is 2.38. The van der Waals surface area contributed by atoms with E-state index in [2.05, 4.69) is 156 Å². The second-order valence-corrected chi connectivity index (χ2v) is 15.6. The number of nitrogens with zero attached hydrogens (tertiary/aromatic N) is 6. The van der Waals surface area contributed by atoms with Crippen molar-refractivity contribution in [1.29, 1.82) is 0 Å². The number of anilines is 2. The Morgan fingerprint density at radius 1 is 0.492 bits per heavy atom. The van der Waals surface area contributed by atoms with Gasteiger partial charge in [-0.2, -0.15) is 0 Å². The van der Waals surface area contributed by atoms with Crippen LogP contribution in [0.2, 0.25) is 0 Å². The fraction of sp³-hybridized carbons (Fsp3) is 0.0175. The van der Waals surface area contributed by atoms with E-state index in [4.69, 9.17) is 19.9 Å². The molecule has 0 saturated heterocycles. The minimum Gasteiger partial charge on any atom is -0.311 e. The van der Waals surface area contributed by atoms with Crippen LogP contribution in [0.4, 0.5) is 11.4 Å². The van der Waals surface area contributed by atoms with Crippen LogP contribution < -0.4 is 4.90 Å². The zero-order valence-corrected chi connectivity index (χ0v) is 34.4. The van der Waals surface area contributed by atoms with Crippen LogP contribution in [0, 0.1) is 0 Å². The van der Waals surface area contributed by atoms with Crippen molar-refractivity contribution < 1.29 is 0 Å². The molecule has 6 heteroatoms. The summed E-state index contributed by atoms with van der Waals surface area (Å²) >= 11 is 0. The largest absolute Gasteiger partial charge is 0.311 e. The lowest BCUT2D eigenvalue weighted by Crippen LogP contribution is -2.15. The van der Waals surface area contributed by atoms with Crippen molar-refractivity contribution in [2.75, 3.05) is 4.90 Å². The number of rotatable bonds is 7. The average molecular weight is 809 g/mol. The van der Waals surface area contributed by atoms with Gasteiger partial charge in [0.2, 0.25) is 0 Å². The van der Waals surface area contributed by atoms with Gasteiger partial charge >= 0.3 is 0 Å². The molecule has 0 unspecified atom stereocenters. The summed E-state index contributed by atoms with van der Waals surface area (Å²) in [5.74, 6) is 1.83. The Morgan fingerprint density at radius 3 is 1.86 bits per heavy atom. The number of hydrogen-bond donors (Lipinski definition) is 0. The summed E-state index contributed by atoms with van der Waals surface area (Å²) in [6.07, 6.45) is 9.06. The number of pyridine rings is 1. The highest BCUT2D eigenvalue weighted by Crippen LogP contribution is 2.40. The van der Waals surface area contributed by atoms with Crippen LogP contribution >= 0.6 is 0 Å². The fourth-order valence-corrected chi connectivity index (χ4v) is 8.74. The van der Waals surface area contributed by atoms with Crippen molar-refractivity contribution in [1.82, 2.24) is 24.5 Å². The fourth-order valence-electron chi connectivity index (χ4n) is 8.74. The van der Waals surface area contributed by atoms with Crippen LogP contribution in [0.15, 0.2) is 231 Å². The second kappa shape index (κ2) is 16.2. The molecule has 7 aromatic carbocycles. The van der Waals surface area contributed by atoms with Crippen LogP contribution in [-0.2, 0) is 6.42 Å². The number of benzene rings is 7. The Hall–Kier alpha value is -8.48. The first-order chi connectivity index (χ1) is 31.2. The summed E-state index contributed by atoms with van der Waals surface area (Å²) in [6, 6.07) is 67.4. The maximum absolute atomic E-state index is 5.02. The molecular weight excluding hydrogens is 769 g/mol. The third-order valence-electron chi connectivity index (χ3n) is 11.7. The minimum atomic E-state index is 0.589. The van der Waals surface area contributed by atoms with Gasteiger partial charge < -0.3 is 9.47 Å². The molecule has 0 radical (unpaired) electrons. The average Bonchev–Trinajstić information content (AvgIpc) is 3.72. The van der Waals surface area contributed by atoms with Gasteiger partial charge in [-0.15, -0.1) is 0 Å². The van der Waals surface area contributed by atoms with Crippen LogP contribution in [0.1, 0.15) is 11.1 Å². The summed E-state index contributed by atoms with van der Waals surface area (Å²) in [5, 5.41) is 2.28. The van der Waals surface area contributed by atoms with Gasteiger partial charge in [-0.1, -0.05) is 158 Å². The Kier molecular flexibility index (Phi) is 9.63. The standard InChI is InChI=1S/C57H40N6/c1-39-18-15-24-42(36-44-23-11-13-31-51(44)62(39)46-26-9-4-10-27-46)43-25-16-28-47(37-43)63-52-32-14-12-29-49(52)54-48(30-17-33-53(54)63)50-38-45(34-35-58-50)57-60-55(40-19-5-2-6-20-40)59-56(61-57)41-21-7-3-8-22-41/h2-35,37-38H,1,36H2/b18-15-,42-24+. The van der Waals surface area contributed by atoms with Gasteiger partial charge in [-0.25, -0.2) is 15.0 Å². The number of aromatic nitrogens is 5. The highest BCUT2D eigenvalue weighted by molar-refractivity contribution is 6.15. The van der Waals surface area contributed by atoms with E-state index in [9.17, 15) is 0 Å². The number of allylic oxidation sites excluding steroid dienone is 4. The van der Waals surface area contributed by atoms with E-state index in [-0.39, 0.29) is 0 Å². The summed E-state index contributed by atoms with van der Waals surface area (Å²) in [6.45, 7) is 4.49. The van der Waals surface area contributed by atoms with E-state index in [0.717, 1.165) is 84.5 Å². The van der Waals surface area contributed by atoms with E-state index in [1.807, 2.05) is 79.0 Å². The highest BCUT2D eigenvalue weighted by Gasteiger charge is 2.21. The SMILES string of the molecule is C=C1/C=C\C=C(\c2cccc(-n3c4ccccc4c4c(-c5cc(-c6nc(-c7ccccc7)nc(-c7ccccc7)n6)ccn5)cccc43)c2)Cc2ccccc2N1c1ccccc1. The third-order valence-corrected chi connectivity index (χ3v) is 11.7. The van der Waals surface area contributed by atoms with Gasteiger partial charge in [0.05, 0.1) is 16.7 Å². The lowest BCUT2D eigenvalue weighted by atomic mass is 9.96. The summed E-state index contributed by atoms with van der Waals surface area (Å²) in [5.41, 5.74) is 14.6. The van der Waals surface area contributed by atoms with Crippen LogP contribution in [0.25, 0.3) is 78.5 Å². The molecule has 0 fully saturated rings. The maximum Gasteiger partial charge on any atom is 0.164 e. The molecule has 0 atom stereocenters. The van der Waals surface area contributed by atoms with Crippen molar-refractivity contribution in [3.8, 4) is 51.1 Å². The van der Waals surface area contributed by atoms with Gasteiger partial charge in [0.15, 0.2) is 17.5 Å². The van der Waals surface area contributed by atoms with E-state index >= 15 is 0 Å². The molecule has 6 nitrogen and oxygen atoms in total. The number of fused-ring (bicyclic) bond motifs is 4. The molecule has 1 aliphatic heterocycles. The maximum atomic E-state index is 5.02. The highest BCUT2D eigenvalue weighted by atomic mass is 15.1. The van der Waals surface area contributed by atoms with Crippen molar-refractivity contribution in [3.05, 3.63) is 242 Å². The minimum absolute atomic E-state index is 0.589. The van der Waals surface area contributed by atoms with E-state index in [0.29, 0.717) is 17.5 Å². The zero-order chi connectivity index (χ0) is 42.1. The topological polar surface area (TPSA) is 59.7 Å². The molecule has 4 heterocycles. The second-order valence-electron chi connectivity index (χ2n) is 15.6. The Morgan fingerprint density at radius 2 is 1.10 bits per heavy atom. The molecule has 0 N–H and O–H groups in total. The van der Waals surface area contributed by atoms with Crippen molar-refractivity contribution >= 4 is 38.8 Å². The molecule has 3 aromatic heterocycles. The lowest BCUT2D eigenvalue weighted by Gasteiger charge is -2.27. The molecule has 0 saturated carbocycles. The van der Waals surface area contributed by atoms with Gasteiger partial charge in [-0.05, 0) is 77.4 Å². The van der Waals surface area contributed by atoms with Crippen molar-refractivity contribution in [3.63, 3.8) is 0 Å². The molecule has 0 aliphatic carbocycles. The Balaban J connectivity index is 1.01. The van der Waals surface area contributed by atoms with E-state index in [1.165, 1.54) is 11.1 Å². The Labute approximate surface area is 366 Å². The first kappa shape index (κ1) is 37.5. The molecule has 0 amide bonds. The lowest BCUT2D eigenvalue weighted by molar-refractivity contribution is 1.07. The number of para-hydroxylation sites is 3. The van der Waals surface area contributed by atoms with Crippen molar-refractivity contribution in [2.45, 2.75) is 6.42 Å². The molecule has 0 bridgehead atoms. The van der Waals surface area contributed by atoms with Crippen LogP contribution in [0.5, 0.6) is 0 Å². The normalized spacial score (nSPS) is 14.1. The monoisotopic (exact) mass is 808 g/mol. The first-order valence-electron chi connectivity index (χ1n) is 21.1. The summed E-state index contributed by atoms with van der Waals surface area (Å²) in [4.78, 5) is 22.2. The van der Waals surface area contributed by atoms with Gasteiger partial charge in [-0.3, -0.25) is 4.98 Å². The number of hydrogen-bond acceptors (Lipinski definition) is 5. The van der Waals surface area contributed by atoms with E-state index in [1.54, 1.807) is 0 Å². The molecular formula is C57H40N6. The van der Waals surface area contributed by atoms with Crippen LogP contribution in [-0.4, -0.2) is 24.5 Å². The molecule has 298 valence electrons.